The van der Waals surface area contributed by atoms with E-state index in [0.29, 0.717) is 24.2 Å². The van der Waals surface area contributed by atoms with Gasteiger partial charge in [-0.2, -0.15) is 0 Å². The number of hydrogen-bond acceptors (Lipinski definition) is 3. The summed E-state index contributed by atoms with van der Waals surface area (Å²) < 4.78 is 0. The van der Waals surface area contributed by atoms with Gasteiger partial charge in [-0.05, 0) is 29.7 Å². The molecule has 2 amide bonds. The second-order valence-electron chi connectivity index (χ2n) is 4.78. The van der Waals surface area contributed by atoms with Crippen molar-refractivity contribution in [2.24, 2.45) is 0 Å². The number of aromatic nitrogens is 1. The number of aromatic amines is 1. The number of nitrogens with one attached hydrogen (secondary N) is 3. The zero-order valence-electron chi connectivity index (χ0n) is 11.0. The first-order chi connectivity index (χ1) is 9.74. The normalized spacial score (nSPS) is 15.3. The highest BCUT2D eigenvalue weighted by Crippen LogP contribution is 2.16. The van der Waals surface area contributed by atoms with Crippen LogP contribution in [-0.4, -0.2) is 42.1 Å². The van der Waals surface area contributed by atoms with Crippen LogP contribution < -0.4 is 16.2 Å². The second kappa shape index (κ2) is 5.34. The zero-order chi connectivity index (χ0) is 13.9. The highest BCUT2D eigenvalue weighted by atomic mass is 16.2. The molecule has 0 spiro atoms. The molecule has 0 saturated carbocycles. The van der Waals surface area contributed by atoms with E-state index in [-0.39, 0.29) is 11.6 Å². The van der Waals surface area contributed by atoms with Gasteiger partial charge in [0.15, 0.2) is 0 Å². The van der Waals surface area contributed by atoms with E-state index < -0.39 is 0 Å². The molecule has 20 heavy (non-hydrogen) atoms. The van der Waals surface area contributed by atoms with Crippen LogP contribution in [0.25, 0.3) is 10.8 Å². The van der Waals surface area contributed by atoms with Crippen molar-refractivity contribution in [3.05, 3.63) is 40.8 Å². The zero-order valence-corrected chi connectivity index (χ0v) is 11.0. The minimum absolute atomic E-state index is 0.101. The van der Waals surface area contributed by atoms with Crippen LogP contribution >= 0.6 is 0 Å². The van der Waals surface area contributed by atoms with Gasteiger partial charge in [-0.3, -0.25) is 4.79 Å². The van der Waals surface area contributed by atoms with Crippen molar-refractivity contribution in [3.8, 4) is 0 Å². The van der Waals surface area contributed by atoms with Crippen molar-refractivity contribution in [2.45, 2.75) is 0 Å². The third-order valence-corrected chi connectivity index (χ3v) is 3.43. The van der Waals surface area contributed by atoms with Crippen molar-refractivity contribution >= 4 is 22.5 Å². The Labute approximate surface area is 115 Å². The number of fused-ring (bicyclic) bond motifs is 1. The molecule has 1 aromatic heterocycles. The Kier molecular flexibility index (Phi) is 3.39. The first kappa shape index (κ1) is 12.7. The van der Waals surface area contributed by atoms with Crippen LogP contribution in [-0.2, 0) is 0 Å². The van der Waals surface area contributed by atoms with Gasteiger partial charge in [0.05, 0.1) is 0 Å². The Morgan fingerprint density at radius 1 is 1.20 bits per heavy atom. The van der Waals surface area contributed by atoms with Crippen molar-refractivity contribution < 1.29 is 4.79 Å². The van der Waals surface area contributed by atoms with Gasteiger partial charge in [-0.15, -0.1) is 0 Å². The summed E-state index contributed by atoms with van der Waals surface area (Å²) in [7, 11) is 0. The first-order valence-corrected chi connectivity index (χ1v) is 6.62. The summed E-state index contributed by atoms with van der Waals surface area (Å²) in [6, 6.07) is 7.00. The maximum absolute atomic E-state index is 12.1. The topological polar surface area (TPSA) is 77.2 Å². The number of piperazine rings is 1. The summed E-state index contributed by atoms with van der Waals surface area (Å²) in [4.78, 5) is 28.1. The van der Waals surface area contributed by atoms with Gasteiger partial charge in [0, 0.05) is 43.4 Å². The number of hydrogen-bond donors (Lipinski definition) is 3. The third kappa shape index (κ3) is 2.50. The lowest BCUT2D eigenvalue weighted by Gasteiger charge is -2.27. The average molecular weight is 272 g/mol. The number of amides is 2. The van der Waals surface area contributed by atoms with E-state index in [2.05, 4.69) is 15.6 Å². The maximum Gasteiger partial charge on any atom is 0.321 e. The number of carbonyl (C=O) groups excluding carboxylic acids is 1. The highest BCUT2D eigenvalue weighted by Gasteiger charge is 2.16. The number of benzene rings is 1. The molecule has 0 unspecified atom stereocenters. The second-order valence-corrected chi connectivity index (χ2v) is 4.78. The summed E-state index contributed by atoms with van der Waals surface area (Å²) in [6.45, 7) is 3.05. The van der Waals surface area contributed by atoms with Crippen molar-refractivity contribution in [1.29, 1.82) is 0 Å². The molecule has 0 bridgehead atoms. The van der Waals surface area contributed by atoms with Gasteiger partial charge in [0.1, 0.15) is 0 Å². The lowest BCUT2D eigenvalue weighted by molar-refractivity contribution is 0.204. The molecule has 0 radical (unpaired) electrons. The van der Waals surface area contributed by atoms with Crippen LogP contribution in [0.3, 0.4) is 0 Å². The molecule has 2 heterocycles. The summed E-state index contributed by atoms with van der Waals surface area (Å²) in [5.74, 6) is 0. The van der Waals surface area contributed by atoms with Crippen molar-refractivity contribution in [1.82, 2.24) is 15.2 Å². The SMILES string of the molecule is O=C(Nc1ccc2c(=O)[nH]ccc2c1)N1CCNCC1. The van der Waals surface area contributed by atoms with Gasteiger partial charge in [-0.25, -0.2) is 4.79 Å². The Morgan fingerprint density at radius 2 is 2.00 bits per heavy atom. The summed E-state index contributed by atoms with van der Waals surface area (Å²) in [5.41, 5.74) is 0.578. The van der Waals surface area contributed by atoms with Crippen LogP contribution in [0, 0.1) is 0 Å². The van der Waals surface area contributed by atoms with Crippen LogP contribution in [0.2, 0.25) is 0 Å². The van der Waals surface area contributed by atoms with Crippen molar-refractivity contribution in [3.63, 3.8) is 0 Å². The Balaban J connectivity index is 1.80. The minimum Gasteiger partial charge on any atom is -0.329 e. The predicted octanol–water partition coefficient (Wildman–Crippen LogP) is 0.965. The van der Waals surface area contributed by atoms with E-state index >= 15 is 0 Å². The van der Waals surface area contributed by atoms with E-state index in [1.54, 1.807) is 23.2 Å². The Hall–Kier alpha value is -2.34. The van der Waals surface area contributed by atoms with Crippen LogP contribution in [0.5, 0.6) is 0 Å². The van der Waals surface area contributed by atoms with Gasteiger partial charge in [-0.1, -0.05) is 0 Å². The molecule has 3 N–H and O–H groups in total. The minimum atomic E-state index is -0.123. The molecule has 104 valence electrons. The van der Waals surface area contributed by atoms with Gasteiger partial charge >= 0.3 is 6.03 Å². The smallest absolute Gasteiger partial charge is 0.321 e. The molecule has 6 nitrogen and oxygen atoms in total. The van der Waals surface area contributed by atoms with E-state index in [9.17, 15) is 9.59 Å². The molecular formula is C14H16N4O2. The molecule has 1 fully saturated rings. The number of anilines is 1. The van der Waals surface area contributed by atoms with E-state index in [1.165, 1.54) is 0 Å². The predicted molar refractivity (Wildman–Crippen MR) is 78.0 cm³/mol. The molecule has 1 aromatic carbocycles. The first-order valence-electron chi connectivity index (χ1n) is 6.62. The number of nitrogens with zero attached hydrogens (tertiary/aromatic N) is 1. The molecule has 1 aliphatic heterocycles. The fourth-order valence-electron chi connectivity index (χ4n) is 2.34. The third-order valence-electron chi connectivity index (χ3n) is 3.43. The average Bonchev–Trinajstić information content (AvgIpc) is 2.48. The lowest BCUT2D eigenvalue weighted by atomic mass is 10.1. The molecule has 2 aromatic rings. The fourth-order valence-corrected chi connectivity index (χ4v) is 2.34. The number of pyridine rings is 1. The Morgan fingerprint density at radius 3 is 2.80 bits per heavy atom. The van der Waals surface area contributed by atoms with Crippen LogP contribution in [0.1, 0.15) is 0 Å². The monoisotopic (exact) mass is 272 g/mol. The van der Waals surface area contributed by atoms with Crippen LogP contribution in [0.15, 0.2) is 35.3 Å². The highest BCUT2D eigenvalue weighted by molar-refractivity contribution is 5.93. The summed E-state index contributed by atoms with van der Waals surface area (Å²) in [5, 5.41) is 7.50. The molecule has 0 atom stereocenters. The number of urea groups is 1. The number of rotatable bonds is 1. The molecular weight excluding hydrogens is 256 g/mol. The van der Waals surface area contributed by atoms with Crippen molar-refractivity contribution in [2.75, 3.05) is 31.5 Å². The molecule has 1 saturated heterocycles. The van der Waals surface area contributed by atoms with Gasteiger partial charge in [0.25, 0.3) is 5.56 Å². The van der Waals surface area contributed by atoms with Crippen LogP contribution in [0.4, 0.5) is 10.5 Å². The summed E-state index contributed by atoms with van der Waals surface area (Å²) >= 11 is 0. The molecule has 6 heteroatoms. The number of H-pyrrole nitrogens is 1. The van der Waals surface area contributed by atoms with E-state index in [1.807, 2.05) is 12.1 Å². The fraction of sp³-hybridized carbons (Fsp3) is 0.286. The standard InChI is InChI=1S/C14H16N4O2/c19-13-12-2-1-11(9-10(12)3-4-16-13)17-14(20)18-7-5-15-6-8-18/h1-4,9,15H,5-8H2,(H,16,19)(H,17,20). The molecule has 3 rings (SSSR count). The maximum atomic E-state index is 12.1. The lowest BCUT2D eigenvalue weighted by Crippen LogP contribution is -2.48. The Bertz CT molecular complexity index is 689. The van der Waals surface area contributed by atoms with E-state index in [4.69, 9.17) is 0 Å². The molecule has 1 aliphatic rings. The van der Waals surface area contributed by atoms with Gasteiger partial charge in [0.2, 0.25) is 0 Å². The van der Waals surface area contributed by atoms with E-state index in [0.717, 1.165) is 18.5 Å². The molecule has 0 aliphatic carbocycles. The number of carbonyl (C=O) groups is 1. The summed E-state index contributed by atoms with van der Waals surface area (Å²) in [6.07, 6.45) is 1.60. The van der Waals surface area contributed by atoms with Gasteiger partial charge < -0.3 is 20.5 Å². The quantitative estimate of drug-likeness (QED) is 0.724. The largest absolute Gasteiger partial charge is 0.329 e.